The van der Waals surface area contributed by atoms with Crippen molar-refractivity contribution in [3.05, 3.63) is 57.3 Å². The van der Waals surface area contributed by atoms with Crippen LogP contribution < -0.4 is 10.6 Å². The number of hydrogen-bond acceptors (Lipinski definition) is 5. The lowest BCUT2D eigenvalue weighted by atomic mass is 10.1. The molecule has 1 aliphatic rings. The van der Waals surface area contributed by atoms with Crippen molar-refractivity contribution in [1.29, 1.82) is 0 Å². The van der Waals surface area contributed by atoms with E-state index in [4.69, 9.17) is 11.6 Å². The second kappa shape index (κ2) is 5.91. The van der Waals surface area contributed by atoms with E-state index in [-0.39, 0.29) is 5.76 Å². The molecule has 1 aliphatic heterocycles. The van der Waals surface area contributed by atoms with Gasteiger partial charge < -0.3 is 15.7 Å². The summed E-state index contributed by atoms with van der Waals surface area (Å²) in [5, 5.41) is 16.8. The molecular formula is C14H12BrClN4O. The monoisotopic (exact) mass is 366 g/mol. The average molecular weight is 368 g/mol. The molecule has 0 aliphatic carbocycles. The lowest BCUT2D eigenvalue weighted by Gasteiger charge is -2.17. The highest BCUT2D eigenvalue weighted by Crippen LogP contribution is 2.23. The van der Waals surface area contributed by atoms with Crippen LogP contribution in [-0.2, 0) is 6.54 Å². The molecule has 7 heteroatoms. The summed E-state index contributed by atoms with van der Waals surface area (Å²) < 4.78 is 0.711. The second-order valence-electron chi connectivity index (χ2n) is 4.53. The van der Waals surface area contributed by atoms with Gasteiger partial charge in [-0.3, -0.25) is 9.97 Å². The van der Waals surface area contributed by atoms with Crippen LogP contribution in [0.15, 0.2) is 46.7 Å². The minimum atomic E-state index is 0.199. The second-order valence-corrected chi connectivity index (χ2v) is 5.90. The van der Waals surface area contributed by atoms with Crippen LogP contribution in [0, 0.1) is 0 Å². The average Bonchev–Trinajstić information content (AvgIpc) is 2.49. The Balaban J connectivity index is 1.82. The zero-order chi connectivity index (χ0) is 14.8. The standard InChI is InChI=1S/C14H12BrClN4O/c15-9-6-17-7-13(14(9)21)20-5-8-3-11-12(4-10(8)16)19-2-1-18-11/h1-4,7,17,20-21H,5-6H2. The van der Waals surface area contributed by atoms with E-state index < -0.39 is 0 Å². The number of halogens is 2. The van der Waals surface area contributed by atoms with Crippen molar-refractivity contribution in [3.8, 4) is 0 Å². The van der Waals surface area contributed by atoms with Crippen molar-refractivity contribution in [2.75, 3.05) is 6.54 Å². The van der Waals surface area contributed by atoms with Crippen molar-refractivity contribution >= 4 is 38.6 Å². The molecule has 0 unspecified atom stereocenters. The van der Waals surface area contributed by atoms with Crippen LogP contribution in [-0.4, -0.2) is 21.6 Å². The van der Waals surface area contributed by atoms with E-state index in [1.54, 1.807) is 24.7 Å². The SMILES string of the molecule is OC1=C(Br)CNC=C1NCc1cc2nccnc2cc1Cl. The highest BCUT2D eigenvalue weighted by molar-refractivity contribution is 9.11. The van der Waals surface area contributed by atoms with Gasteiger partial charge in [0, 0.05) is 36.7 Å². The van der Waals surface area contributed by atoms with Crippen molar-refractivity contribution in [3.63, 3.8) is 0 Å². The first-order chi connectivity index (χ1) is 10.1. The van der Waals surface area contributed by atoms with Crippen molar-refractivity contribution in [2.24, 2.45) is 0 Å². The fourth-order valence-electron chi connectivity index (χ4n) is 2.03. The van der Waals surface area contributed by atoms with Crippen LogP contribution in [0.5, 0.6) is 0 Å². The summed E-state index contributed by atoms with van der Waals surface area (Å²) in [5.74, 6) is 0.199. The normalized spacial score (nSPS) is 14.9. The Hall–Kier alpha value is -1.79. The summed E-state index contributed by atoms with van der Waals surface area (Å²) in [5.41, 5.74) is 3.05. The van der Waals surface area contributed by atoms with E-state index in [0.717, 1.165) is 16.6 Å². The molecule has 2 heterocycles. The third-order valence-corrected chi connectivity index (χ3v) is 4.13. The molecule has 0 radical (unpaired) electrons. The predicted molar refractivity (Wildman–Crippen MR) is 86.1 cm³/mol. The van der Waals surface area contributed by atoms with Gasteiger partial charge in [0.05, 0.1) is 21.2 Å². The van der Waals surface area contributed by atoms with Gasteiger partial charge in [-0.2, -0.15) is 0 Å². The van der Waals surface area contributed by atoms with Gasteiger partial charge in [-0.1, -0.05) is 11.6 Å². The fraction of sp³-hybridized carbons (Fsp3) is 0.143. The first-order valence-electron chi connectivity index (χ1n) is 6.29. The van der Waals surface area contributed by atoms with Gasteiger partial charge in [-0.15, -0.1) is 0 Å². The molecule has 0 spiro atoms. The summed E-state index contributed by atoms with van der Waals surface area (Å²) in [6.07, 6.45) is 5.01. The zero-order valence-corrected chi connectivity index (χ0v) is 13.2. The molecule has 3 N–H and O–H groups in total. The van der Waals surface area contributed by atoms with Gasteiger partial charge in [0.25, 0.3) is 0 Å². The summed E-state index contributed by atoms with van der Waals surface area (Å²) in [4.78, 5) is 8.48. The largest absolute Gasteiger partial charge is 0.505 e. The molecule has 0 bridgehead atoms. The van der Waals surface area contributed by atoms with Gasteiger partial charge >= 0.3 is 0 Å². The molecule has 0 amide bonds. The van der Waals surface area contributed by atoms with Crippen molar-refractivity contribution < 1.29 is 5.11 Å². The Kier molecular flexibility index (Phi) is 3.98. The molecule has 0 saturated heterocycles. The summed E-state index contributed by atoms with van der Waals surface area (Å²) in [7, 11) is 0. The van der Waals surface area contributed by atoms with Gasteiger partial charge in [-0.05, 0) is 33.6 Å². The predicted octanol–water partition coefficient (Wildman–Crippen LogP) is 2.98. The molecule has 0 atom stereocenters. The molecule has 108 valence electrons. The molecule has 5 nitrogen and oxygen atoms in total. The molecule has 0 saturated carbocycles. The minimum Gasteiger partial charge on any atom is -0.505 e. The van der Waals surface area contributed by atoms with Gasteiger partial charge in [0.15, 0.2) is 5.76 Å². The molecule has 1 aromatic heterocycles. The highest BCUT2D eigenvalue weighted by Gasteiger charge is 2.13. The third-order valence-electron chi connectivity index (χ3n) is 3.12. The number of fused-ring (bicyclic) bond motifs is 1. The van der Waals surface area contributed by atoms with Crippen LogP contribution in [0.4, 0.5) is 0 Å². The molecule has 0 fully saturated rings. The number of benzene rings is 1. The number of nitrogens with one attached hydrogen (secondary N) is 2. The van der Waals surface area contributed by atoms with Gasteiger partial charge in [0.1, 0.15) is 0 Å². The maximum atomic E-state index is 9.96. The number of dihydropyridines is 1. The van der Waals surface area contributed by atoms with E-state index in [1.165, 1.54) is 0 Å². The van der Waals surface area contributed by atoms with E-state index >= 15 is 0 Å². The van der Waals surface area contributed by atoms with E-state index in [0.29, 0.717) is 28.3 Å². The minimum absolute atomic E-state index is 0.199. The Morgan fingerprint density at radius 2 is 2.00 bits per heavy atom. The van der Waals surface area contributed by atoms with Gasteiger partial charge in [0.2, 0.25) is 0 Å². The molecular weight excluding hydrogens is 356 g/mol. The first-order valence-corrected chi connectivity index (χ1v) is 7.47. The third kappa shape index (κ3) is 2.96. The number of nitrogens with zero attached hydrogens (tertiary/aromatic N) is 2. The maximum Gasteiger partial charge on any atom is 0.152 e. The van der Waals surface area contributed by atoms with Crippen LogP contribution in [0.2, 0.25) is 5.02 Å². The molecule has 3 rings (SSSR count). The van der Waals surface area contributed by atoms with Crippen LogP contribution in [0.3, 0.4) is 0 Å². The van der Waals surface area contributed by atoms with Crippen molar-refractivity contribution in [2.45, 2.75) is 6.54 Å². The highest BCUT2D eigenvalue weighted by atomic mass is 79.9. The number of aliphatic hydroxyl groups excluding tert-OH is 1. The lowest BCUT2D eigenvalue weighted by molar-refractivity contribution is 0.405. The number of aromatic nitrogens is 2. The number of rotatable bonds is 3. The summed E-state index contributed by atoms with van der Waals surface area (Å²) >= 11 is 9.57. The Bertz CT molecular complexity index is 760. The molecule has 21 heavy (non-hydrogen) atoms. The van der Waals surface area contributed by atoms with Crippen molar-refractivity contribution in [1.82, 2.24) is 20.6 Å². The Morgan fingerprint density at radius 3 is 2.76 bits per heavy atom. The van der Waals surface area contributed by atoms with Crippen LogP contribution in [0.25, 0.3) is 11.0 Å². The topological polar surface area (TPSA) is 70.1 Å². The summed E-state index contributed by atoms with van der Waals surface area (Å²) in [6, 6.07) is 3.68. The van der Waals surface area contributed by atoms with E-state index in [1.807, 2.05) is 6.07 Å². The molecule has 2 aromatic rings. The number of aliphatic hydroxyl groups is 1. The fourth-order valence-corrected chi connectivity index (χ4v) is 2.63. The lowest BCUT2D eigenvalue weighted by Crippen LogP contribution is -2.24. The molecule has 1 aromatic carbocycles. The smallest absolute Gasteiger partial charge is 0.152 e. The van der Waals surface area contributed by atoms with E-state index in [9.17, 15) is 5.11 Å². The first kappa shape index (κ1) is 14.2. The Morgan fingerprint density at radius 1 is 1.29 bits per heavy atom. The van der Waals surface area contributed by atoms with Crippen LogP contribution in [0.1, 0.15) is 5.56 Å². The van der Waals surface area contributed by atoms with Crippen LogP contribution >= 0.6 is 27.5 Å². The van der Waals surface area contributed by atoms with E-state index in [2.05, 4.69) is 36.5 Å². The summed E-state index contributed by atoms with van der Waals surface area (Å²) in [6.45, 7) is 1.05. The van der Waals surface area contributed by atoms with Gasteiger partial charge in [-0.25, -0.2) is 0 Å². The number of hydrogen-bond donors (Lipinski definition) is 3. The maximum absolute atomic E-state index is 9.96. The zero-order valence-electron chi connectivity index (χ0n) is 10.9. The Labute approximate surface area is 134 Å². The quantitative estimate of drug-likeness (QED) is 0.778.